The molecular formula is C15H27NO4. The Balaban J connectivity index is 0.000000328. The molecule has 5 nitrogen and oxygen atoms in total. The van der Waals surface area contributed by atoms with E-state index in [2.05, 4.69) is 26.3 Å². The number of carbonyl (C=O) groups is 1. The zero-order valence-corrected chi connectivity index (χ0v) is 13.0. The lowest BCUT2D eigenvalue weighted by Crippen LogP contribution is -2.43. The van der Waals surface area contributed by atoms with Crippen LogP contribution in [0.3, 0.4) is 0 Å². The molecule has 0 aromatic rings. The molecule has 0 bridgehead atoms. The summed E-state index contributed by atoms with van der Waals surface area (Å²) in [6.07, 6.45) is 4.85. The van der Waals surface area contributed by atoms with Crippen LogP contribution >= 0.6 is 0 Å². The number of carbonyl (C=O) groups excluding carboxylic acids is 1. The van der Waals surface area contributed by atoms with Crippen molar-refractivity contribution in [2.45, 2.75) is 71.4 Å². The van der Waals surface area contributed by atoms with E-state index in [9.17, 15) is 4.79 Å². The minimum Gasteiger partial charge on any atom is -0.429 e. The molecule has 3 aliphatic rings. The minimum absolute atomic E-state index is 0.0127. The Bertz CT molecular complexity index is 349. The van der Waals surface area contributed by atoms with E-state index in [4.69, 9.17) is 14.3 Å². The first-order valence-electron chi connectivity index (χ1n) is 7.75. The zero-order valence-electron chi connectivity index (χ0n) is 13.0. The largest absolute Gasteiger partial charge is 0.429 e. The van der Waals surface area contributed by atoms with Gasteiger partial charge in [0.25, 0.3) is 5.79 Å². The van der Waals surface area contributed by atoms with E-state index < -0.39 is 11.6 Å². The molecule has 2 saturated heterocycles. The van der Waals surface area contributed by atoms with Gasteiger partial charge in [0.2, 0.25) is 5.79 Å². The second-order valence-corrected chi connectivity index (χ2v) is 6.71. The van der Waals surface area contributed by atoms with Crippen molar-refractivity contribution in [3.05, 3.63) is 0 Å². The highest BCUT2D eigenvalue weighted by Gasteiger charge is 2.64. The fourth-order valence-electron chi connectivity index (χ4n) is 2.75. The van der Waals surface area contributed by atoms with E-state index in [0.717, 1.165) is 31.6 Å². The third-order valence-electron chi connectivity index (χ3n) is 3.78. The van der Waals surface area contributed by atoms with Gasteiger partial charge in [0.05, 0.1) is 0 Å². The van der Waals surface area contributed by atoms with Gasteiger partial charge in [0, 0.05) is 25.3 Å². The first kappa shape index (κ1) is 15.7. The van der Waals surface area contributed by atoms with E-state index in [1.165, 1.54) is 6.42 Å². The third-order valence-corrected chi connectivity index (χ3v) is 3.78. The van der Waals surface area contributed by atoms with Crippen LogP contribution in [0.25, 0.3) is 0 Å². The van der Waals surface area contributed by atoms with Crippen LogP contribution in [0.4, 0.5) is 0 Å². The lowest BCUT2D eigenvalue weighted by molar-refractivity contribution is -0.280. The molecule has 3 rings (SSSR count). The maximum atomic E-state index is 12.0. The number of hydroxylamine groups is 1. The smallest absolute Gasteiger partial charge is 0.371 e. The molecule has 2 unspecified atom stereocenters. The van der Waals surface area contributed by atoms with Crippen LogP contribution in [0, 0.1) is 11.8 Å². The summed E-state index contributed by atoms with van der Waals surface area (Å²) in [7, 11) is 0. The summed E-state index contributed by atoms with van der Waals surface area (Å²) in [4.78, 5) is 17.3. The molecule has 116 valence electrons. The minimum atomic E-state index is -1.20. The lowest BCUT2D eigenvalue weighted by atomic mass is 9.94. The Morgan fingerprint density at radius 1 is 1.20 bits per heavy atom. The van der Waals surface area contributed by atoms with Crippen LogP contribution in [0.1, 0.15) is 59.8 Å². The molecule has 1 N–H and O–H groups in total. The topological polar surface area (TPSA) is 56.8 Å². The van der Waals surface area contributed by atoms with Crippen molar-refractivity contribution < 1.29 is 19.1 Å². The van der Waals surface area contributed by atoms with Gasteiger partial charge in [0.1, 0.15) is 0 Å². The molecule has 0 amide bonds. The number of nitrogens with one attached hydrogen (secondary N) is 1. The van der Waals surface area contributed by atoms with Gasteiger partial charge in [-0.05, 0) is 18.8 Å². The molecule has 1 saturated carbocycles. The van der Waals surface area contributed by atoms with Crippen LogP contribution in [0.5, 0.6) is 0 Å². The molecule has 0 radical (unpaired) electrons. The van der Waals surface area contributed by atoms with Gasteiger partial charge < -0.3 is 4.74 Å². The molecule has 2 heterocycles. The molecule has 0 aromatic heterocycles. The number of hydrogen-bond acceptors (Lipinski definition) is 5. The van der Waals surface area contributed by atoms with Crippen LogP contribution in [-0.2, 0) is 19.1 Å². The standard InChI is InChI=1S/C11H17NO4.C4H10/c1-8-7-12-16-11(8)9(13)14-10(15-11)5-3-2-4-6-10;1-4(2)3/h8,12H,2-7H2,1H3;4H,1-3H3. The van der Waals surface area contributed by atoms with Crippen LogP contribution < -0.4 is 5.48 Å². The van der Waals surface area contributed by atoms with Crippen molar-refractivity contribution in [3.63, 3.8) is 0 Å². The number of esters is 1. The van der Waals surface area contributed by atoms with Gasteiger partial charge in [-0.1, -0.05) is 34.1 Å². The first-order chi connectivity index (χ1) is 9.40. The van der Waals surface area contributed by atoms with E-state index in [0.29, 0.717) is 6.54 Å². The summed E-state index contributed by atoms with van der Waals surface area (Å²) in [5.74, 6) is -1.46. The second-order valence-electron chi connectivity index (χ2n) is 6.71. The fraction of sp³-hybridized carbons (Fsp3) is 0.933. The number of ether oxygens (including phenoxy) is 2. The number of hydrogen-bond donors (Lipinski definition) is 1. The van der Waals surface area contributed by atoms with E-state index in [-0.39, 0.29) is 11.9 Å². The quantitative estimate of drug-likeness (QED) is 0.694. The maximum absolute atomic E-state index is 12.0. The van der Waals surface area contributed by atoms with Crippen molar-refractivity contribution in [3.8, 4) is 0 Å². The molecule has 0 aromatic carbocycles. The van der Waals surface area contributed by atoms with Crippen molar-refractivity contribution in [2.75, 3.05) is 6.54 Å². The predicted octanol–water partition coefficient (Wildman–Crippen LogP) is 2.75. The molecule has 5 heteroatoms. The average molecular weight is 285 g/mol. The van der Waals surface area contributed by atoms with Crippen LogP contribution in [0.15, 0.2) is 0 Å². The molecule has 2 aliphatic heterocycles. The molecular weight excluding hydrogens is 258 g/mol. The van der Waals surface area contributed by atoms with Gasteiger partial charge in [0.15, 0.2) is 0 Å². The Hall–Kier alpha value is -0.650. The van der Waals surface area contributed by atoms with Gasteiger partial charge in [-0.15, -0.1) is 0 Å². The Morgan fingerprint density at radius 2 is 1.80 bits per heavy atom. The van der Waals surface area contributed by atoms with Crippen LogP contribution in [-0.4, -0.2) is 24.1 Å². The average Bonchev–Trinajstić information content (AvgIpc) is 2.83. The fourth-order valence-corrected chi connectivity index (χ4v) is 2.75. The highest BCUT2D eigenvalue weighted by Crippen LogP contribution is 2.46. The van der Waals surface area contributed by atoms with Crippen LogP contribution in [0.2, 0.25) is 0 Å². The summed E-state index contributed by atoms with van der Waals surface area (Å²) in [6, 6.07) is 0. The Kier molecular flexibility index (Phi) is 4.72. The van der Waals surface area contributed by atoms with Crippen molar-refractivity contribution in [2.24, 2.45) is 11.8 Å². The SMILES string of the molecule is CC(C)C.CC1CNOC12OC1(CCCCC1)OC2=O. The molecule has 20 heavy (non-hydrogen) atoms. The summed E-state index contributed by atoms with van der Waals surface area (Å²) in [5.41, 5.74) is 2.73. The summed E-state index contributed by atoms with van der Waals surface area (Å²) < 4.78 is 11.4. The Morgan fingerprint density at radius 3 is 2.30 bits per heavy atom. The third kappa shape index (κ3) is 3.00. The van der Waals surface area contributed by atoms with E-state index in [1.807, 2.05) is 6.92 Å². The van der Waals surface area contributed by atoms with Gasteiger partial charge in [-0.25, -0.2) is 4.79 Å². The van der Waals surface area contributed by atoms with Gasteiger partial charge in [-0.2, -0.15) is 5.48 Å². The first-order valence-corrected chi connectivity index (χ1v) is 7.75. The highest BCUT2D eigenvalue weighted by molar-refractivity contribution is 5.80. The summed E-state index contributed by atoms with van der Waals surface area (Å²) in [5, 5.41) is 0. The second kappa shape index (κ2) is 6.00. The molecule has 3 fully saturated rings. The highest BCUT2D eigenvalue weighted by atomic mass is 16.9. The van der Waals surface area contributed by atoms with E-state index >= 15 is 0 Å². The number of rotatable bonds is 0. The monoisotopic (exact) mass is 285 g/mol. The summed E-state index contributed by atoms with van der Waals surface area (Å²) >= 11 is 0. The van der Waals surface area contributed by atoms with Crippen molar-refractivity contribution in [1.82, 2.24) is 5.48 Å². The van der Waals surface area contributed by atoms with Crippen molar-refractivity contribution >= 4 is 5.97 Å². The zero-order chi connectivity index (χ0) is 14.8. The maximum Gasteiger partial charge on any atom is 0.371 e. The Labute approximate surface area is 121 Å². The molecule has 2 spiro atoms. The van der Waals surface area contributed by atoms with Gasteiger partial charge >= 0.3 is 5.97 Å². The van der Waals surface area contributed by atoms with Crippen molar-refractivity contribution in [1.29, 1.82) is 0 Å². The normalized spacial score (nSPS) is 35.2. The van der Waals surface area contributed by atoms with Gasteiger partial charge in [-0.3, -0.25) is 9.57 Å². The predicted molar refractivity (Wildman–Crippen MR) is 74.5 cm³/mol. The lowest BCUT2D eigenvalue weighted by Gasteiger charge is -2.32. The molecule has 2 atom stereocenters. The van der Waals surface area contributed by atoms with E-state index in [1.54, 1.807) is 0 Å². The summed E-state index contributed by atoms with van der Waals surface area (Å²) in [6.45, 7) is 9.05. The molecule has 1 aliphatic carbocycles.